The molecule has 2 atom stereocenters. The van der Waals surface area contributed by atoms with Crippen molar-refractivity contribution in [3.8, 4) is 5.69 Å². The van der Waals surface area contributed by atoms with E-state index in [9.17, 15) is 4.79 Å². The van der Waals surface area contributed by atoms with Gasteiger partial charge in [0.15, 0.2) is 0 Å². The van der Waals surface area contributed by atoms with Crippen molar-refractivity contribution in [3.05, 3.63) is 71.9 Å². The summed E-state index contributed by atoms with van der Waals surface area (Å²) in [5.41, 5.74) is 1.97. The SMILES string of the molecule is C[C@H]1C[C@@H]1c1ccc(CN(C)C(=O)Cc2ccc(-n3cccn3)cc2)o1. The van der Waals surface area contributed by atoms with Gasteiger partial charge in [-0.05, 0) is 48.2 Å². The molecule has 1 fully saturated rings. The van der Waals surface area contributed by atoms with Crippen LogP contribution in [-0.4, -0.2) is 27.6 Å². The van der Waals surface area contributed by atoms with Gasteiger partial charge in [0, 0.05) is 25.4 Å². The largest absolute Gasteiger partial charge is 0.464 e. The van der Waals surface area contributed by atoms with Gasteiger partial charge < -0.3 is 9.32 Å². The normalized spacial score (nSPS) is 18.7. The molecule has 0 N–H and O–H groups in total. The molecular weight excluding hydrogens is 326 g/mol. The standard InChI is InChI=1S/C21H23N3O2/c1-15-12-19(15)20-9-8-18(26-20)14-23(2)21(25)13-16-4-6-17(7-5-16)24-11-3-10-22-24/h3-11,15,19H,12-14H2,1-2H3/t15-,19-/m0/s1. The number of nitrogens with zero attached hydrogens (tertiary/aromatic N) is 3. The first-order chi connectivity index (χ1) is 12.6. The van der Waals surface area contributed by atoms with Gasteiger partial charge >= 0.3 is 0 Å². The summed E-state index contributed by atoms with van der Waals surface area (Å²) in [7, 11) is 1.82. The zero-order valence-electron chi connectivity index (χ0n) is 15.1. The van der Waals surface area contributed by atoms with E-state index in [-0.39, 0.29) is 5.91 Å². The number of furan rings is 1. The quantitative estimate of drug-likeness (QED) is 0.680. The van der Waals surface area contributed by atoms with E-state index >= 15 is 0 Å². The summed E-state index contributed by atoms with van der Waals surface area (Å²) in [4.78, 5) is 14.2. The van der Waals surface area contributed by atoms with Crippen LogP contribution in [0.3, 0.4) is 0 Å². The molecule has 0 spiro atoms. The Morgan fingerprint density at radius 2 is 2.04 bits per heavy atom. The number of amides is 1. The first-order valence-electron chi connectivity index (χ1n) is 9.01. The van der Waals surface area contributed by atoms with Crippen molar-refractivity contribution in [3.63, 3.8) is 0 Å². The Bertz CT molecular complexity index is 880. The predicted molar refractivity (Wildman–Crippen MR) is 99.0 cm³/mol. The molecule has 3 aromatic rings. The first kappa shape index (κ1) is 16.6. The molecule has 0 radical (unpaired) electrons. The lowest BCUT2D eigenvalue weighted by Crippen LogP contribution is -2.27. The second-order valence-corrected chi connectivity index (χ2v) is 7.17. The van der Waals surface area contributed by atoms with Crippen molar-refractivity contribution in [2.75, 3.05) is 7.05 Å². The van der Waals surface area contributed by atoms with Gasteiger partial charge in [-0.15, -0.1) is 0 Å². The molecule has 5 heteroatoms. The van der Waals surface area contributed by atoms with Gasteiger partial charge in [-0.1, -0.05) is 19.1 Å². The van der Waals surface area contributed by atoms with Crippen LogP contribution in [0.5, 0.6) is 0 Å². The molecular formula is C21H23N3O2. The summed E-state index contributed by atoms with van der Waals surface area (Å²) < 4.78 is 7.70. The Labute approximate surface area is 153 Å². The molecule has 134 valence electrons. The Morgan fingerprint density at radius 3 is 2.69 bits per heavy atom. The van der Waals surface area contributed by atoms with Gasteiger partial charge in [-0.25, -0.2) is 4.68 Å². The minimum atomic E-state index is 0.0783. The average Bonchev–Trinajstić information content (AvgIpc) is 3.07. The number of hydrogen-bond acceptors (Lipinski definition) is 3. The van der Waals surface area contributed by atoms with Crippen LogP contribution < -0.4 is 0 Å². The highest BCUT2D eigenvalue weighted by Crippen LogP contribution is 2.47. The van der Waals surface area contributed by atoms with Crippen molar-refractivity contribution in [1.82, 2.24) is 14.7 Å². The van der Waals surface area contributed by atoms with Crippen molar-refractivity contribution in [2.24, 2.45) is 5.92 Å². The van der Waals surface area contributed by atoms with Crippen LogP contribution in [0.15, 0.2) is 59.3 Å². The lowest BCUT2D eigenvalue weighted by Gasteiger charge is -2.16. The average molecular weight is 349 g/mol. The zero-order valence-corrected chi connectivity index (χ0v) is 15.1. The summed E-state index contributed by atoms with van der Waals surface area (Å²) >= 11 is 0. The van der Waals surface area contributed by atoms with Crippen LogP contribution in [0.1, 0.15) is 36.3 Å². The van der Waals surface area contributed by atoms with Crippen LogP contribution >= 0.6 is 0 Å². The van der Waals surface area contributed by atoms with Gasteiger partial charge in [0.25, 0.3) is 0 Å². The summed E-state index contributed by atoms with van der Waals surface area (Å²) in [6, 6.07) is 13.8. The van der Waals surface area contributed by atoms with Crippen molar-refractivity contribution < 1.29 is 9.21 Å². The molecule has 26 heavy (non-hydrogen) atoms. The molecule has 1 aliphatic carbocycles. The van der Waals surface area contributed by atoms with Gasteiger partial charge in [0.2, 0.25) is 5.91 Å². The van der Waals surface area contributed by atoms with E-state index in [1.54, 1.807) is 15.8 Å². The molecule has 0 saturated heterocycles. The fourth-order valence-corrected chi connectivity index (χ4v) is 3.22. The van der Waals surface area contributed by atoms with Crippen molar-refractivity contribution in [2.45, 2.75) is 32.2 Å². The van der Waals surface area contributed by atoms with E-state index in [1.807, 2.05) is 49.6 Å². The number of benzene rings is 1. The van der Waals surface area contributed by atoms with Crippen LogP contribution in [-0.2, 0) is 17.8 Å². The summed E-state index contributed by atoms with van der Waals surface area (Å²) in [6.07, 6.45) is 5.23. The number of carbonyl (C=O) groups excluding carboxylic acids is 1. The molecule has 4 rings (SSSR count). The monoisotopic (exact) mass is 349 g/mol. The fourth-order valence-electron chi connectivity index (χ4n) is 3.22. The van der Waals surface area contributed by atoms with Gasteiger partial charge in [0.05, 0.1) is 18.7 Å². The topological polar surface area (TPSA) is 51.3 Å². The second kappa shape index (κ2) is 6.83. The maximum atomic E-state index is 12.5. The maximum Gasteiger partial charge on any atom is 0.227 e. The highest BCUT2D eigenvalue weighted by atomic mass is 16.3. The van der Waals surface area contributed by atoms with Crippen molar-refractivity contribution in [1.29, 1.82) is 0 Å². The van der Waals surface area contributed by atoms with Crippen LogP contribution in [0, 0.1) is 5.92 Å². The molecule has 1 amide bonds. The number of rotatable bonds is 6. The third-order valence-electron chi connectivity index (χ3n) is 5.04. The third-order valence-corrected chi connectivity index (χ3v) is 5.04. The predicted octanol–water partition coefficient (Wildman–Crippen LogP) is 3.79. The minimum Gasteiger partial charge on any atom is -0.464 e. The van der Waals surface area contributed by atoms with E-state index in [2.05, 4.69) is 18.1 Å². The van der Waals surface area contributed by atoms with Crippen LogP contribution in [0.2, 0.25) is 0 Å². The van der Waals surface area contributed by atoms with Crippen LogP contribution in [0.25, 0.3) is 5.69 Å². The van der Waals surface area contributed by atoms with E-state index in [1.165, 1.54) is 6.42 Å². The number of aromatic nitrogens is 2. The van der Waals surface area contributed by atoms with E-state index < -0.39 is 0 Å². The van der Waals surface area contributed by atoms with Gasteiger partial charge in [-0.2, -0.15) is 5.10 Å². The van der Waals surface area contributed by atoms with Crippen LogP contribution in [0.4, 0.5) is 0 Å². The molecule has 1 aliphatic rings. The Balaban J connectivity index is 1.34. The lowest BCUT2D eigenvalue weighted by molar-refractivity contribution is -0.129. The molecule has 0 bridgehead atoms. The van der Waals surface area contributed by atoms with Gasteiger partial charge in [-0.3, -0.25) is 4.79 Å². The molecule has 0 unspecified atom stereocenters. The number of carbonyl (C=O) groups is 1. The Hall–Kier alpha value is -2.82. The Kier molecular flexibility index (Phi) is 4.37. The van der Waals surface area contributed by atoms with E-state index in [0.29, 0.717) is 18.9 Å². The summed E-state index contributed by atoms with van der Waals surface area (Å²) in [5, 5.41) is 4.21. The Morgan fingerprint density at radius 1 is 1.27 bits per heavy atom. The van der Waals surface area contributed by atoms with E-state index in [4.69, 9.17) is 4.42 Å². The molecule has 2 aromatic heterocycles. The third kappa shape index (κ3) is 3.57. The molecule has 0 aliphatic heterocycles. The van der Waals surface area contributed by atoms with Crippen molar-refractivity contribution >= 4 is 5.91 Å². The number of likely N-dealkylation sites (N-methyl/N-ethyl adjacent to an activating group) is 1. The minimum absolute atomic E-state index is 0.0783. The van der Waals surface area contributed by atoms with Gasteiger partial charge in [0.1, 0.15) is 11.5 Å². The maximum absolute atomic E-state index is 12.5. The lowest BCUT2D eigenvalue weighted by atomic mass is 10.1. The molecule has 1 aromatic carbocycles. The highest BCUT2D eigenvalue weighted by Gasteiger charge is 2.36. The summed E-state index contributed by atoms with van der Waals surface area (Å²) in [5.74, 6) is 3.28. The highest BCUT2D eigenvalue weighted by molar-refractivity contribution is 5.78. The fraction of sp³-hybridized carbons (Fsp3) is 0.333. The second-order valence-electron chi connectivity index (χ2n) is 7.17. The number of hydrogen-bond donors (Lipinski definition) is 0. The molecule has 1 saturated carbocycles. The van der Waals surface area contributed by atoms with E-state index in [0.717, 1.165) is 28.7 Å². The zero-order chi connectivity index (χ0) is 18.1. The smallest absolute Gasteiger partial charge is 0.227 e. The summed E-state index contributed by atoms with van der Waals surface area (Å²) in [6.45, 7) is 2.74. The molecule has 5 nitrogen and oxygen atoms in total. The first-order valence-corrected chi connectivity index (χ1v) is 9.01. The molecule has 2 heterocycles.